The number of aryl methyl sites for hydroxylation is 1. The van der Waals surface area contributed by atoms with Gasteiger partial charge in [0.25, 0.3) is 0 Å². The molecule has 0 aliphatic carbocycles. The lowest BCUT2D eigenvalue weighted by Crippen LogP contribution is -1.93. The second-order valence-electron chi connectivity index (χ2n) is 4.10. The summed E-state index contributed by atoms with van der Waals surface area (Å²) in [7, 11) is 0. The van der Waals surface area contributed by atoms with E-state index in [2.05, 4.69) is 0 Å². The highest BCUT2D eigenvalue weighted by Gasteiger charge is 2.10. The van der Waals surface area contributed by atoms with E-state index in [0.29, 0.717) is 22.1 Å². The van der Waals surface area contributed by atoms with Gasteiger partial charge in [0, 0.05) is 10.6 Å². The molecule has 2 aromatic carbocycles. The van der Waals surface area contributed by atoms with Crippen molar-refractivity contribution in [3.05, 3.63) is 57.6 Å². The van der Waals surface area contributed by atoms with Crippen LogP contribution in [-0.4, -0.2) is 5.11 Å². The number of rotatable bonds is 4. The standard InChI is InChI=1S/C15H14Cl2O2/c1-2-10-8-12(6-7-13(10)16)19-15-11(9-18)4-3-5-14(15)17/h3-8,18H,2,9H2,1H3. The van der Waals surface area contributed by atoms with Crippen molar-refractivity contribution >= 4 is 23.2 Å². The third kappa shape index (κ3) is 3.21. The molecule has 2 nitrogen and oxygen atoms in total. The molecule has 0 spiro atoms. The fraction of sp³-hybridized carbons (Fsp3) is 0.200. The fourth-order valence-corrected chi connectivity index (χ4v) is 2.28. The molecule has 0 heterocycles. The molecule has 2 aromatic rings. The van der Waals surface area contributed by atoms with E-state index in [1.807, 2.05) is 13.0 Å². The van der Waals surface area contributed by atoms with Crippen LogP contribution in [0.15, 0.2) is 36.4 Å². The number of aliphatic hydroxyl groups excluding tert-OH is 1. The zero-order valence-electron chi connectivity index (χ0n) is 10.5. The lowest BCUT2D eigenvalue weighted by Gasteiger charge is -2.12. The van der Waals surface area contributed by atoms with Crippen molar-refractivity contribution in [1.29, 1.82) is 0 Å². The summed E-state index contributed by atoms with van der Waals surface area (Å²) in [4.78, 5) is 0. The molecular weight excluding hydrogens is 283 g/mol. The highest BCUT2D eigenvalue weighted by molar-refractivity contribution is 6.32. The summed E-state index contributed by atoms with van der Waals surface area (Å²) < 4.78 is 5.78. The Morgan fingerprint density at radius 3 is 2.53 bits per heavy atom. The van der Waals surface area contributed by atoms with Crippen molar-refractivity contribution in [3.63, 3.8) is 0 Å². The van der Waals surface area contributed by atoms with Crippen LogP contribution in [0.2, 0.25) is 10.0 Å². The van der Waals surface area contributed by atoms with Crippen molar-refractivity contribution in [2.45, 2.75) is 20.0 Å². The first kappa shape index (κ1) is 14.2. The van der Waals surface area contributed by atoms with Crippen LogP contribution in [0.1, 0.15) is 18.1 Å². The number of hydrogen-bond donors (Lipinski definition) is 1. The first-order valence-electron chi connectivity index (χ1n) is 6.00. The maximum Gasteiger partial charge on any atom is 0.151 e. The Morgan fingerprint density at radius 1 is 1.05 bits per heavy atom. The third-order valence-electron chi connectivity index (χ3n) is 2.84. The van der Waals surface area contributed by atoms with Crippen molar-refractivity contribution in [3.8, 4) is 11.5 Å². The molecule has 1 N–H and O–H groups in total. The lowest BCUT2D eigenvalue weighted by atomic mass is 10.1. The van der Waals surface area contributed by atoms with Crippen LogP contribution in [0.25, 0.3) is 0 Å². The van der Waals surface area contributed by atoms with Crippen LogP contribution in [0, 0.1) is 0 Å². The van der Waals surface area contributed by atoms with Gasteiger partial charge < -0.3 is 9.84 Å². The van der Waals surface area contributed by atoms with Gasteiger partial charge in [0.15, 0.2) is 5.75 Å². The second-order valence-corrected chi connectivity index (χ2v) is 4.91. The molecule has 0 aliphatic heterocycles. The summed E-state index contributed by atoms with van der Waals surface area (Å²) in [5.41, 5.74) is 1.66. The van der Waals surface area contributed by atoms with Gasteiger partial charge in [-0.3, -0.25) is 0 Å². The Balaban J connectivity index is 2.36. The average Bonchev–Trinajstić information content (AvgIpc) is 2.43. The smallest absolute Gasteiger partial charge is 0.151 e. The summed E-state index contributed by atoms with van der Waals surface area (Å²) in [6, 6.07) is 10.7. The molecule has 0 amide bonds. The normalized spacial score (nSPS) is 10.5. The zero-order valence-corrected chi connectivity index (χ0v) is 12.0. The molecular formula is C15H14Cl2O2. The summed E-state index contributed by atoms with van der Waals surface area (Å²) in [6.07, 6.45) is 0.825. The van der Waals surface area contributed by atoms with E-state index in [1.165, 1.54) is 0 Å². The van der Waals surface area contributed by atoms with Crippen LogP contribution in [-0.2, 0) is 13.0 Å². The topological polar surface area (TPSA) is 29.5 Å². The van der Waals surface area contributed by atoms with Crippen molar-refractivity contribution in [1.82, 2.24) is 0 Å². The van der Waals surface area contributed by atoms with E-state index >= 15 is 0 Å². The minimum Gasteiger partial charge on any atom is -0.455 e. The van der Waals surface area contributed by atoms with Gasteiger partial charge in [-0.1, -0.05) is 42.3 Å². The molecule has 0 unspecified atom stereocenters. The molecule has 100 valence electrons. The minimum absolute atomic E-state index is 0.121. The summed E-state index contributed by atoms with van der Waals surface area (Å²) >= 11 is 12.2. The molecule has 0 saturated heterocycles. The number of hydrogen-bond acceptors (Lipinski definition) is 2. The largest absolute Gasteiger partial charge is 0.455 e. The Morgan fingerprint density at radius 2 is 1.84 bits per heavy atom. The molecule has 0 fully saturated rings. The van der Waals surface area contributed by atoms with E-state index < -0.39 is 0 Å². The second kappa shape index (κ2) is 6.29. The zero-order chi connectivity index (χ0) is 13.8. The van der Waals surface area contributed by atoms with E-state index in [-0.39, 0.29) is 6.61 Å². The monoisotopic (exact) mass is 296 g/mol. The quantitative estimate of drug-likeness (QED) is 0.875. The molecule has 0 bridgehead atoms. The van der Waals surface area contributed by atoms with E-state index in [1.54, 1.807) is 30.3 Å². The Bertz CT molecular complexity index is 582. The molecule has 0 radical (unpaired) electrons. The minimum atomic E-state index is -0.121. The van der Waals surface area contributed by atoms with Gasteiger partial charge in [-0.2, -0.15) is 0 Å². The summed E-state index contributed by atoms with van der Waals surface area (Å²) in [5, 5.41) is 10.5. The number of halogens is 2. The SMILES string of the molecule is CCc1cc(Oc2c(Cl)cccc2CO)ccc1Cl. The highest BCUT2D eigenvalue weighted by atomic mass is 35.5. The molecule has 2 rings (SSSR count). The first-order valence-corrected chi connectivity index (χ1v) is 6.75. The van der Waals surface area contributed by atoms with Gasteiger partial charge in [-0.15, -0.1) is 0 Å². The van der Waals surface area contributed by atoms with Gasteiger partial charge in [0.05, 0.1) is 11.6 Å². The molecule has 0 aromatic heterocycles. The van der Waals surface area contributed by atoms with Crippen LogP contribution in [0.5, 0.6) is 11.5 Å². The number of para-hydroxylation sites is 1. The van der Waals surface area contributed by atoms with Crippen LogP contribution in [0.4, 0.5) is 0 Å². The number of aliphatic hydroxyl groups is 1. The van der Waals surface area contributed by atoms with E-state index in [9.17, 15) is 5.11 Å². The Labute approximate surface area is 122 Å². The van der Waals surface area contributed by atoms with Crippen molar-refractivity contribution in [2.24, 2.45) is 0 Å². The fourth-order valence-electron chi connectivity index (χ4n) is 1.80. The molecule has 0 aliphatic rings. The number of benzene rings is 2. The van der Waals surface area contributed by atoms with Gasteiger partial charge >= 0.3 is 0 Å². The number of ether oxygens (including phenoxy) is 1. The molecule has 4 heteroatoms. The highest BCUT2D eigenvalue weighted by Crippen LogP contribution is 2.34. The van der Waals surface area contributed by atoms with Crippen molar-refractivity contribution < 1.29 is 9.84 Å². The first-order chi connectivity index (χ1) is 9.15. The van der Waals surface area contributed by atoms with Crippen LogP contribution in [0.3, 0.4) is 0 Å². The summed E-state index contributed by atoms with van der Waals surface area (Å²) in [5.74, 6) is 1.14. The van der Waals surface area contributed by atoms with E-state index in [4.69, 9.17) is 27.9 Å². The van der Waals surface area contributed by atoms with E-state index in [0.717, 1.165) is 17.0 Å². The molecule has 19 heavy (non-hydrogen) atoms. The maximum absolute atomic E-state index is 9.31. The Kier molecular flexibility index (Phi) is 4.70. The summed E-state index contributed by atoms with van der Waals surface area (Å²) in [6.45, 7) is 1.91. The third-order valence-corrected chi connectivity index (χ3v) is 3.50. The van der Waals surface area contributed by atoms with Crippen molar-refractivity contribution in [2.75, 3.05) is 0 Å². The van der Waals surface area contributed by atoms with Gasteiger partial charge in [-0.05, 0) is 36.2 Å². The van der Waals surface area contributed by atoms with Crippen LogP contribution >= 0.6 is 23.2 Å². The Hall–Kier alpha value is -1.22. The predicted octanol–water partition coefficient (Wildman–Crippen LogP) is 4.84. The van der Waals surface area contributed by atoms with Gasteiger partial charge in [-0.25, -0.2) is 0 Å². The lowest BCUT2D eigenvalue weighted by molar-refractivity contribution is 0.276. The van der Waals surface area contributed by atoms with Crippen LogP contribution < -0.4 is 4.74 Å². The van der Waals surface area contributed by atoms with Gasteiger partial charge in [0.2, 0.25) is 0 Å². The molecule has 0 saturated carbocycles. The predicted molar refractivity (Wildman–Crippen MR) is 78.3 cm³/mol. The van der Waals surface area contributed by atoms with Gasteiger partial charge in [0.1, 0.15) is 5.75 Å². The molecule has 0 atom stereocenters. The maximum atomic E-state index is 9.31. The average molecular weight is 297 g/mol.